The molecule has 2 aromatic carbocycles. The van der Waals surface area contributed by atoms with E-state index in [1.54, 1.807) is 5.56 Å². The van der Waals surface area contributed by atoms with E-state index in [2.05, 4.69) is 54.3 Å². The second-order valence-corrected chi connectivity index (χ2v) is 8.05. The predicted octanol–water partition coefficient (Wildman–Crippen LogP) is 5.81. The van der Waals surface area contributed by atoms with Gasteiger partial charge in [0.15, 0.2) is 0 Å². The fraction of sp³-hybridized carbons (Fsp3) is 0.500. The Morgan fingerprint density at radius 1 is 1.00 bits per heavy atom. The minimum atomic E-state index is 0. The van der Waals surface area contributed by atoms with Crippen LogP contribution in [0, 0.1) is 0 Å². The lowest BCUT2D eigenvalue weighted by atomic mass is 9.72. The molecule has 0 bridgehead atoms. The summed E-state index contributed by atoms with van der Waals surface area (Å²) in [6.07, 6.45) is 9.13. The minimum absolute atomic E-state index is 0. The van der Waals surface area contributed by atoms with Crippen LogP contribution >= 0.6 is 12.4 Å². The SMILES string of the molecule is CCCN1CCCCC12CCc1cc(OCc3ccccc3)ccc1C2.Cl. The van der Waals surface area contributed by atoms with Crippen LogP contribution in [-0.2, 0) is 19.4 Å². The standard InChI is InChI=1S/C24H31NO.ClH/c1-2-15-25-16-7-6-13-24(25)14-12-21-17-23(11-10-22(21)18-24)26-19-20-8-4-3-5-9-20;/h3-5,8-11,17H,2,6-7,12-16,18-19H2,1H3;1H. The van der Waals surface area contributed by atoms with Crippen LogP contribution in [0.1, 0.15) is 55.7 Å². The highest BCUT2D eigenvalue weighted by molar-refractivity contribution is 5.85. The number of benzene rings is 2. The van der Waals surface area contributed by atoms with Gasteiger partial charge in [0.25, 0.3) is 0 Å². The lowest BCUT2D eigenvalue weighted by Gasteiger charge is -2.50. The molecule has 146 valence electrons. The molecule has 1 fully saturated rings. The molecule has 3 heteroatoms. The molecule has 4 rings (SSSR count). The van der Waals surface area contributed by atoms with Crippen molar-refractivity contribution in [1.82, 2.24) is 4.90 Å². The summed E-state index contributed by atoms with van der Waals surface area (Å²) < 4.78 is 6.04. The zero-order chi connectivity index (χ0) is 17.8. The average Bonchev–Trinajstić information content (AvgIpc) is 2.69. The molecule has 1 unspecified atom stereocenters. The molecular weight excluding hydrogens is 354 g/mol. The molecule has 1 heterocycles. The number of aryl methyl sites for hydroxylation is 1. The Morgan fingerprint density at radius 3 is 2.67 bits per heavy atom. The lowest BCUT2D eigenvalue weighted by Crippen LogP contribution is -2.55. The zero-order valence-electron chi connectivity index (χ0n) is 16.5. The van der Waals surface area contributed by atoms with Gasteiger partial charge >= 0.3 is 0 Å². The number of likely N-dealkylation sites (tertiary alicyclic amines) is 1. The van der Waals surface area contributed by atoms with Gasteiger partial charge in [-0.1, -0.05) is 49.7 Å². The molecule has 2 aliphatic rings. The van der Waals surface area contributed by atoms with E-state index < -0.39 is 0 Å². The first-order valence-corrected chi connectivity index (χ1v) is 10.3. The van der Waals surface area contributed by atoms with Crippen molar-refractivity contribution in [2.75, 3.05) is 13.1 Å². The monoisotopic (exact) mass is 385 g/mol. The molecule has 27 heavy (non-hydrogen) atoms. The molecular formula is C24H32ClNO. The Hall–Kier alpha value is -1.51. The highest BCUT2D eigenvalue weighted by atomic mass is 35.5. The average molecular weight is 386 g/mol. The Morgan fingerprint density at radius 2 is 1.85 bits per heavy atom. The van der Waals surface area contributed by atoms with Gasteiger partial charge in [-0.25, -0.2) is 0 Å². The molecule has 0 N–H and O–H groups in total. The van der Waals surface area contributed by atoms with Gasteiger partial charge in [0.1, 0.15) is 12.4 Å². The van der Waals surface area contributed by atoms with Gasteiger partial charge in [-0.2, -0.15) is 0 Å². The van der Waals surface area contributed by atoms with Crippen LogP contribution in [0.15, 0.2) is 48.5 Å². The van der Waals surface area contributed by atoms with E-state index >= 15 is 0 Å². The van der Waals surface area contributed by atoms with Crippen LogP contribution in [0.5, 0.6) is 5.75 Å². The first kappa shape index (κ1) is 20.2. The fourth-order valence-electron chi connectivity index (χ4n) is 4.90. The fourth-order valence-corrected chi connectivity index (χ4v) is 4.90. The number of rotatable bonds is 5. The van der Waals surface area contributed by atoms with Gasteiger partial charge in [0.05, 0.1) is 0 Å². The molecule has 2 aromatic rings. The first-order chi connectivity index (χ1) is 12.8. The summed E-state index contributed by atoms with van der Waals surface area (Å²) in [4.78, 5) is 2.80. The summed E-state index contributed by atoms with van der Waals surface area (Å²) in [5.41, 5.74) is 4.70. The van der Waals surface area contributed by atoms with Crippen LogP contribution in [0.4, 0.5) is 0 Å². The van der Waals surface area contributed by atoms with E-state index in [-0.39, 0.29) is 12.4 Å². The van der Waals surface area contributed by atoms with E-state index in [4.69, 9.17) is 4.74 Å². The third kappa shape index (κ3) is 4.50. The largest absolute Gasteiger partial charge is 0.489 e. The molecule has 0 amide bonds. The highest BCUT2D eigenvalue weighted by Crippen LogP contribution is 2.40. The number of ether oxygens (including phenoxy) is 1. The van der Waals surface area contributed by atoms with E-state index in [9.17, 15) is 0 Å². The number of piperidine rings is 1. The molecule has 0 saturated carbocycles. The van der Waals surface area contributed by atoms with Crippen molar-refractivity contribution in [1.29, 1.82) is 0 Å². The summed E-state index contributed by atoms with van der Waals surface area (Å²) in [6, 6.07) is 17.2. The normalized spacial score (nSPS) is 22.1. The van der Waals surface area contributed by atoms with E-state index in [1.165, 1.54) is 69.2 Å². The molecule has 1 spiro atoms. The zero-order valence-corrected chi connectivity index (χ0v) is 17.3. The summed E-state index contributed by atoms with van der Waals surface area (Å²) in [7, 11) is 0. The van der Waals surface area contributed by atoms with Crippen molar-refractivity contribution in [3.05, 3.63) is 65.2 Å². The summed E-state index contributed by atoms with van der Waals surface area (Å²) in [5.74, 6) is 1.01. The summed E-state index contributed by atoms with van der Waals surface area (Å²) in [6.45, 7) is 5.51. The van der Waals surface area contributed by atoms with Gasteiger partial charge in [-0.3, -0.25) is 4.90 Å². The van der Waals surface area contributed by atoms with Crippen LogP contribution in [0.3, 0.4) is 0 Å². The van der Waals surface area contributed by atoms with Crippen molar-refractivity contribution in [2.45, 2.75) is 64.0 Å². The number of fused-ring (bicyclic) bond motifs is 1. The summed E-state index contributed by atoms with van der Waals surface area (Å²) in [5, 5.41) is 0. The van der Waals surface area contributed by atoms with Gasteiger partial charge in [-0.15, -0.1) is 12.4 Å². The quantitative estimate of drug-likeness (QED) is 0.643. The van der Waals surface area contributed by atoms with Gasteiger partial charge < -0.3 is 4.74 Å². The van der Waals surface area contributed by atoms with E-state index in [0.717, 1.165) is 5.75 Å². The minimum Gasteiger partial charge on any atom is -0.489 e. The topological polar surface area (TPSA) is 12.5 Å². The number of nitrogens with zero attached hydrogens (tertiary/aromatic N) is 1. The third-order valence-electron chi connectivity index (χ3n) is 6.29. The van der Waals surface area contributed by atoms with Crippen molar-refractivity contribution in [2.24, 2.45) is 0 Å². The maximum Gasteiger partial charge on any atom is 0.120 e. The highest BCUT2D eigenvalue weighted by Gasteiger charge is 2.40. The number of hydrogen-bond donors (Lipinski definition) is 0. The van der Waals surface area contributed by atoms with Crippen molar-refractivity contribution in [3.8, 4) is 5.75 Å². The molecule has 0 radical (unpaired) electrons. The van der Waals surface area contributed by atoms with Gasteiger partial charge in [0, 0.05) is 5.54 Å². The van der Waals surface area contributed by atoms with Gasteiger partial charge in [0.2, 0.25) is 0 Å². The molecule has 0 aromatic heterocycles. The van der Waals surface area contributed by atoms with E-state index in [0.29, 0.717) is 12.1 Å². The maximum absolute atomic E-state index is 6.04. The second-order valence-electron chi connectivity index (χ2n) is 8.05. The molecule has 1 aliphatic carbocycles. The van der Waals surface area contributed by atoms with Crippen LogP contribution in [-0.4, -0.2) is 23.5 Å². The number of hydrogen-bond acceptors (Lipinski definition) is 2. The molecule has 1 saturated heterocycles. The Kier molecular flexibility index (Phi) is 6.83. The smallest absolute Gasteiger partial charge is 0.120 e. The predicted molar refractivity (Wildman–Crippen MR) is 115 cm³/mol. The first-order valence-electron chi connectivity index (χ1n) is 10.3. The molecule has 1 aliphatic heterocycles. The second kappa shape index (κ2) is 9.12. The van der Waals surface area contributed by atoms with Crippen LogP contribution < -0.4 is 4.74 Å². The number of halogens is 1. The van der Waals surface area contributed by atoms with Gasteiger partial charge in [-0.05, 0) is 80.4 Å². The van der Waals surface area contributed by atoms with Crippen molar-refractivity contribution >= 4 is 12.4 Å². The van der Waals surface area contributed by atoms with Crippen molar-refractivity contribution < 1.29 is 4.74 Å². The molecule has 2 nitrogen and oxygen atoms in total. The van der Waals surface area contributed by atoms with Crippen LogP contribution in [0.25, 0.3) is 0 Å². The maximum atomic E-state index is 6.04. The van der Waals surface area contributed by atoms with Crippen LogP contribution in [0.2, 0.25) is 0 Å². The molecule has 1 atom stereocenters. The van der Waals surface area contributed by atoms with E-state index in [1.807, 2.05) is 6.07 Å². The lowest BCUT2D eigenvalue weighted by molar-refractivity contribution is 0.0340. The van der Waals surface area contributed by atoms with Crippen molar-refractivity contribution in [3.63, 3.8) is 0 Å². The Balaban J connectivity index is 0.00000210. The Bertz CT molecular complexity index is 730. The summed E-state index contributed by atoms with van der Waals surface area (Å²) >= 11 is 0. The third-order valence-corrected chi connectivity index (χ3v) is 6.29. The Labute approximate surface area is 170 Å².